The van der Waals surface area contributed by atoms with Crippen LogP contribution in [0.25, 0.3) is 0 Å². The van der Waals surface area contributed by atoms with Crippen molar-refractivity contribution in [1.82, 2.24) is 0 Å². The summed E-state index contributed by atoms with van der Waals surface area (Å²) < 4.78 is 0. The Morgan fingerprint density at radius 3 is 2.57 bits per heavy atom. The van der Waals surface area contributed by atoms with Gasteiger partial charge in [-0.05, 0) is 31.8 Å². The summed E-state index contributed by atoms with van der Waals surface area (Å²) in [6.07, 6.45) is 2.53. The summed E-state index contributed by atoms with van der Waals surface area (Å²) in [5.74, 6) is -0.176. The lowest BCUT2D eigenvalue weighted by atomic mass is 9.75. The van der Waals surface area contributed by atoms with Gasteiger partial charge in [-0.1, -0.05) is 13.0 Å². The maximum absolute atomic E-state index is 10.8. The normalized spacial score (nSPS) is 33.8. The predicted molar refractivity (Wildman–Crippen MR) is 53.7 cm³/mol. The molecule has 0 aromatic carbocycles. The maximum Gasteiger partial charge on any atom is 0.127 e. The first-order valence-electron chi connectivity index (χ1n) is 4.94. The van der Waals surface area contributed by atoms with Gasteiger partial charge in [-0.25, -0.2) is 0 Å². The average molecular weight is 198 g/mol. The zero-order chi connectivity index (χ0) is 10.9. The average Bonchev–Trinajstić information content (AvgIpc) is 2.07. The Morgan fingerprint density at radius 1 is 1.57 bits per heavy atom. The van der Waals surface area contributed by atoms with E-state index in [-0.39, 0.29) is 11.8 Å². The highest BCUT2D eigenvalue weighted by Gasteiger charge is 2.33. The second kappa shape index (κ2) is 3.83. The van der Waals surface area contributed by atoms with Crippen molar-refractivity contribution < 1.29 is 15.0 Å². The van der Waals surface area contributed by atoms with Crippen LogP contribution in [-0.2, 0) is 4.79 Å². The minimum atomic E-state index is -1.02. The molecule has 0 aromatic rings. The molecule has 3 nitrogen and oxygen atoms in total. The van der Waals surface area contributed by atoms with Gasteiger partial charge in [0, 0.05) is 5.92 Å². The molecule has 2 N–H and O–H groups in total. The van der Waals surface area contributed by atoms with E-state index in [1.165, 1.54) is 0 Å². The first kappa shape index (κ1) is 11.4. The minimum absolute atomic E-state index is 0.0799. The van der Waals surface area contributed by atoms with Gasteiger partial charge in [-0.2, -0.15) is 0 Å². The standard InChI is InChI=1S/C11H18O3/c1-7-4-8(6-12)9(5-10(7)13)11(2,3)14/h5-8,10,13-14H,4H2,1-3H3. The molecule has 0 amide bonds. The van der Waals surface area contributed by atoms with Crippen LogP contribution in [0, 0.1) is 11.8 Å². The van der Waals surface area contributed by atoms with E-state index in [2.05, 4.69) is 0 Å². The van der Waals surface area contributed by atoms with E-state index >= 15 is 0 Å². The predicted octanol–water partition coefficient (Wildman–Crippen LogP) is 0.899. The highest BCUT2D eigenvalue weighted by Crippen LogP contribution is 2.34. The summed E-state index contributed by atoms with van der Waals surface area (Å²) >= 11 is 0. The van der Waals surface area contributed by atoms with Gasteiger partial charge in [0.25, 0.3) is 0 Å². The van der Waals surface area contributed by atoms with E-state index in [9.17, 15) is 15.0 Å². The number of carbonyl (C=O) groups is 1. The third-order valence-corrected chi connectivity index (χ3v) is 2.83. The molecule has 3 heteroatoms. The summed E-state index contributed by atoms with van der Waals surface area (Å²) in [6, 6.07) is 0. The SMILES string of the molecule is CC1CC(C=O)C(C(C)(C)O)=CC1O. The molecule has 0 saturated heterocycles. The summed E-state index contributed by atoms with van der Waals surface area (Å²) in [4.78, 5) is 10.8. The third-order valence-electron chi connectivity index (χ3n) is 2.83. The number of hydrogen-bond donors (Lipinski definition) is 2. The Bertz CT molecular complexity index is 250. The number of carbonyl (C=O) groups excluding carboxylic acids is 1. The quantitative estimate of drug-likeness (QED) is 0.512. The minimum Gasteiger partial charge on any atom is -0.389 e. The zero-order valence-corrected chi connectivity index (χ0v) is 8.90. The maximum atomic E-state index is 10.8. The van der Waals surface area contributed by atoms with Crippen molar-refractivity contribution in [3.8, 4) is 0 Å². The Labute approximate surface area is 84.4 Å². The van der Waals surface area contributed by atoms with Crippen LogP contribution < -0.4 is 0 Å². The number of aliphatic hydroxyl groups excluding tert-OH is 1. The van der Waals surface area contributed by atoms with E-state index in [0.717, 1.165) is 6.29 Å². The molecule has 0 aliphatic heterocycles. The molecule has 0 spiro atoms. The first-order chi connectivity index (χ1) is 6.36. The van der Waals surface area contributed by atoms with Gasteiger partial charge in [-0.15, -0.1) is 0 Å². The molecule has 0 aromatic heterocycles. The Kier molecular flexibility index (Phi) is 3.12. The molecule has 1 aliphatic carbocycles. The van der Waals surface area contributed by atoms with Crippen molar-refractivity contribution >= 4 is 6.29 Å². The van der Waals surface area contributed by atoms with Crippen molar-refractivity contribution in [1.29, 1.82) is 0 Å². The van der Waals surface area contributed by atoms with Crippen molar-refractivity contribution in [3.63, 3.8) is 0 Å². The van der Waals surface area contributed by atoms with Crippen molar-refractivity contribution in [3.05, 3.63) is 11.6 Å². The van der Waals surface area contributed by atoms with Crippen LogP contribution in [0.15, 0.2) is 11.6 Å². The number of aliphatic hydroxyl groups is 2. The summed E-state index contributed by atoms with van der Waals surface area (Å²) in [6.45, 7) is 5.18. The molecule has 0 radical (unpaired) electrons. The lowest BCUT2D eigenvalue weighted by Gasteiger charge is -2.34. The van der Waals surface area contributed by atoms with Crippen molar-refractivity contribution in [2.75, 3.05) is 0 Å². The summed E-state index contributed by atoms with van der Waals surface area (Å²) in [5.41, 5.74) is -0.384. The fourth-order valence-corrected chi connectivity index (χ4v) is 1.93. The third kappa shape index (κ3) is 2.22. The van der Waals surface area contributed by atoms with Crippen LogP contribution in [0.2, 0.25) is 0 Å². The molecule has 3 atom stereocenters. The van der Waals surface area contributed by atoms with Gasteiger partial charge in [0.2, 0.25) is 0 Å². The van der Waals surface area contributed by atoms with Crippen LogP contribution in [0.5, 0.6) is 0 Å². The van der Waals surface area contributed by atoms with Gasteiger partial charge < -0.3 is 15.0 Å². The van der Waals surface area contributed by atoms with Crippen LogP contribution in [-0.4, -0.2) is 28.2 Å². The molecule has 14 heavy (non-hydrogen) atoms. The highest BCUT2D eigenvalue weighted by atomic mass is 16.3. The topological polar surface area (TPSA) is 57.5 Å². The Hall–Kier alpha value is -0.670. The molecular weight excluding hydrogens is 180 g/mol. The molecule has 0 bridgehead atoms. The van der Waals surface area contributed by atoms with Gasteiger partial charge >= 0.3 is 0 Å². The van der Waals surface area contributed by atoms with E-state index in [4.69, 9.17) is 0 Å². The summed E-state index contributed by atoms with van der Waals surface area (Å²) in [5, 5.41) is 19.4. The van der Waals surface area contributed by atoms with Gasteiger partial charge in [0.1, 0.15) is 6.29 Å². The number of hydrogen-bond acceptors (Lipinski definition) is 3. The fourth-order valence-electron chi connectivity index (χ4n) is 1.93. The molecule has 0 saturated carbocycles. The summed E-state index contributed by atoms with van der Waals surface area (Å²) in [7, 11) is 0. The molecule has 0 heterocycles. The van der Waals surface area contributed by atoms with Gasteiger partial charge in [0.05, 0.1) is 11.7 Å². The lowest BCUT2D eigenvalue weighted by Crippen LogP contribution is -2.35. The molecular formula is C11H18O3. The zero-order valence-electron chi connectivity index (χ0n) is 8.90. The van der Waals surface area contributed by atoms with Crippen molar-refractivity contribution in [2.24, 2.45) is 11.8 Å². The van der Waals surface area contributed by atoms with E-state index < -0.39 is 11.7 Å². The van der Waals surface area contributed by atoms with Crippen LogP contribution in [0.1, 0.15) is 27.2 Å². The largest absolute Gasteiger partial charge is 0.389 e. The second-order valence-electron chi connectivity index (χ2n) is 4.63. The van der Waals surface area contributed by atoms with Crippen LogP contribution in [0.4, 0.5) is 0 Å². The van der Waals surface area contributed by atoms with Gasteiger partial charge in [-0.3, -0.25) is 0 Å². The number of rotatable bonds is 2. The Balaban J connectivity index is 3.00. The Morgan fingerprint density at radius 2 is 2.14 bits per heavy atom. The smallest absolute Gasteiger partial charge is 0.127 e. The van der Waals surface area contributed by atoms with E-state index in [0.29, 0.717) is 12.0 Å². The van der Waals surface area contributed by atoms with Crippen LogP contribution >= 0.6 is 0 Å². The molecule has 0 fully saturated rings. The molecule has 1 aliphatic rings. The van der Waals surface area contributed by atoms with Crippen molar-refractivity contribution in [2.45, 2.75) is 38.9 Å². The number of aldehydes is 1. The first-order valence-corrected chi connectivity index (χ1v) is 4.94. The fraction of sp³-hybridized carbons (Fsp3) is 0.727. The van der Waals surface area contributed by atoms with E-state index in [1.54, 1.807) is 19.9 Å². The van der Waals surface area contributed by atoms with E-state index in [1.807, 2.05) is 6.92 Å². The highest BCUT2D eigenvalue weighted by molar-refractivity contribution is 5.60. The molecule has 1 rings (SSSR count). The molecule has 80 valence electrons. The second-order valence-corrected chi connectivity index (χ2v) is 4.63. The van der Waals surface area contributed by atoms with Crippen LogP contribution in [0.3, 0.4) is 0 Å². The molecule has 3 unspecified atom stereocenters. The lowest BCUT2D eigenvalue weighted by molar-refractivity contribution is -0.111. The van der Waals surface area contributed by atoms with Gasteiger partial charge in [0.15, 0.2) is 0 Å². The monoisotopic (exact) mass is 198 g/mol.